The topological polar surface area (TPSA) is 52.0 Å². The van der Waals surface area contributed by atoms with E-state index in [4.69, 9.17) is 10.2 Å². The molecule has 0 radical (unpaired) electrons. The summed E-state index contributed by atoms with van der Waals surface area (Å²) in [6.07, 6.45) is 3.18. The number of hydrogen-bond acceptors (Lipinski definition) is 4. The number of rotatable bonds is 2. The van der Waals surface area contributed by atoms with Gasteiger partial charge in [-0.15, -0.1) is 0 Å². The zero-order valence-electron chi connectivity index (χ0n) is 7.57. The van der Waals surface area contributed by atoms with Gasteiger partial charge in [-0.3, -0.25) is 0 Å². The van der Waals surface area contributed by atoms with Crippen molar-refractivity contribution in [3.05, 3.63) is 12.5 Å². The average molecular weight is 186 g/mol. The Morgan fingerprint density at radius 2 is 2.25 bits per heavy atom. The summed E-state index contributed by atoms with van der Waals surface area (Å²) in [4.78, 5) is 3.99. The second-order valence-corrected chi connectivity index (χ2v) is 4.80. The monoisotopic (exact) mass is 186 g/mol. The number of oxazole rings is 1. The number of nitrogens with zero attached hydrogens (tertiary/aromatic N) is 1. The van der Waals surface area contributed by atoms with Crippen molar-refractivity contribution >= 4 is 11.8 Å². The van der Waals surface area contributed by atoms with Crippen LogP contribution in [-0.2, 0) is 0 Å². The molecule has 68 valence electrons. The molecule has 0 aromatic carbocycles. The molecule has 1 aromatic rings. The first kappa shape index (κ1) is 9.61. The third-order valence-electron chi connectivity index (χ3n) is 1.49. The summed E-state index contributed by atoms with van der Waals surface area (Å²) in [7, 11) is 0. The molecular formula is C8H14N2OS. The van der Waals surface area contributed by atoms with Crippen molar-refractivity contribution in [3.63, 3.8) is 0 Å². The van der Waals surface area contributed by atoms with Crippen molar-refractivity contribution in [1.82, 2.24) is 4.98 Å². The number of hydrogen-bond donors (Lipinski definition) is 1. The van der Waals surface area contributed by atoms with Crippen LogP contribution in [-0.4, -0.2) is 10.4 Å². The van der Waals surface area contributed by atoms with Crippen LogP contribution in [0.25, 0.3) is 0 Å². The molecule has 0 aliphatic carbocycles. The SMILES string of the molecule is CC(C)(C)[C@H](N)Sc1ncco1. The van der Waals surface area contributed by atoms with Gasteiger partial charge in [-0.2, -0.15) is 0 Å². The van der Waals surface area contributed by atoms with Gasteiger partial charge in [-0.25, -0.2) is 4.98 Å². The molecule has 1 rings (SSSR count). The number of thioether (sulfide) groups is 1. The highest BCUT2D eigenvalue weighted by atomic mass is 32.2. The van der Waals surface area contributed by atoms with Gasteiger partial charge in [0.2, 0.25) is 0 Å². The third kappa shape index (κ3) is 2.53. The van der Waals surface area contributed by atoms with Gasteiger partial charge in [0, 0.05) is 0 Å². The fourth-order valence-electron chi connectivity index (χ4n) is 0.554. The van der Waals surface area contributed by atoms with E-state index in [-0.39, 0.29) is 10.8 Å². The molecule has 1 aromatic heterocycles. The highest BCUT2D eigenvalue weighted by molar-refractivity contribution is 7.99. The summed E-state index contributed by atoms with van der Waals surface area (Å²) in [5.74, 6) is 0. The molecule has 3 nitrogen and oxygen atoms in total. The first-order valence-electron chi connectivity index (χ1n) is 3.82. The molecule has 0 unspecified atom stereocenters. The minimum Gasteiger partial charge on any atom is -0.440 e. The Morgan fingerprint density at radius 1 is 1.58 bits per heavy atom. The van der Waals surface area contributed by atoms with Crippen molar-refractivity contribution in [3.8, 4) is 0 Å². The van der Waals surface area contributed by atoms with Crippen molar-refractivity contribution < 1.29 is 4.42 Å². The summed E-state index contributed by atoms with van der Waals surface area (Å²) in [5, 5.41) is 0.647. The maximum absolute atomic E-state index is 5.90. The maximum atomic E-state index is 5.90. The lowest BCUT2D eigenvalue weighted by molar-refractivity contribution is 0.392. The van der Waals surface area contributed by atoms with E-state index in [1.54, 1.807) is 12.5 Å². The van der Waals surface area contributed by atoms with Crippen LogP contribution in [0.5, 0.6) is 0 Å². The minimum absolute atomic E-state index is 0.0103. The van der Waals surface area contributed by atoms with Crippen molar-refractivity contribution in [2.45, 2.75) is 31.4 Å². The summed E-state index contributed by atoms with van der Waals surface area (Å²) >= 11 is 1.46. The van der Waals surface area contributed by atoms with Crippen LogP contribution in [0.15, 0.2) is 22.1 Å². The van der Waals surface area contributed by atoms with Gasteiger partial charge in [0.25, 0.3) is 5.22 Å². The van der Waals surface area contributed by atoms with Gasteiger partial charge in [-0.05, 0) is 17.2 Å². The van der Waals surface area contributed by atoms with E-state index in [0.717, 1.165) is 0 Å². The lowest BCUT2D eigenvalue weighted by atomic mass is 9.97. The summed E-state index contributed by atoms with van der Waals surface area (Å²) in [5.41, 5.74) is 5.97. The van der Waals surface area contributed by atoms with Gasteiger partial charge < -0.3 is 10.2 Å². The molecule has 1 atom stereocenters. The molecule has 0 aliphatic rings. The fraction of sp³-hybridized carbons (Fsp3) is 0.625. The van der Waals surface area contributed by atoms with Crippen LogP contribution in [0, 0.1) is 5.41 Å². The highest BCUT2D eigenvalue weighted by Crippen LogP contribution is 2.30. The zero-order chi connectivity index (χ0) is 9.19. The molecule has 0 fully saturated rings. The lowest BCUT2D eigenvalue weighted by Gasteiger charge is -2.24. The van der Waals surface area contributed by atoms with Crippen LogP contribution in [0.4, 0.5) is 0 Å². The van der Waals surface area contributed by atoms with Gasteiger partial charge in [0.05, 0.1) is 11.6 Å². The first-order valence-corrected chi connectivity index (χ1v) is 4.70. The van der Waals surface area contributed by atoms with Gasteiger partial charge in [-0.1, -0.05) is 20.8 Å². The Hall–Kier alpha value is -0.480. The molecular weight excluding hydrogens is 172 g/mol. The van der Waals surface area contributed by atoms with Gasteiger partial charge in [0.1, 0.15) is 6.26 Å². The minimum atomic E-state index is 0.0103. The number of nitrogens with two attached hydrogens (primary N) is 1. The molecule has 12 heavy (non-hydrogen) atoms. The van der Waals surface area contributed by atoms with Crippen molar-refractivity contribution in [2.24, 2.45) is 11.1 Å². The highest BCUT2D eigenvalue weighted by Gasteiger charge is 2.22. The van der Waals surface area contributed by atoms with E-state index >= 15 is 0 Å². The van der Waals surface area contributed by atoms with Crippen LogP contribution in [0.3, 0.4) is 0 Å². The van der Waals surface area contributed by atoms with Crippen LogP contribution in [0.1, 0.15) is 20.8 Å². The molecule has 0 aliphatic heterocycles. The summed E-state index contributed by atoms with van der Waals surface area (Å²) < 4.78 is 5.07. The molecule has 0 amide bonds. The molecule has 4 heteroatoms. The van der Waals surface area contributed by atoms with Gasteiger partial charge in [0.15, 0.2) is 0 Å². The normalized spacial score (nSPS) is 14.7. The van der Waals surface area contributed by atoms with E-state index in [0.29, 0.717) is 5.22 Å². The molecule has 0 spiro atoms. The Morgan fingerprint density at radius 3 is 2.67 bits per heavy atom. The molecule has 1 heterocycles. The second kappa shape index (κ2) is 3.49. The predicted octanol–water partition coefficient (Wildman–Crippen LogP) is 2.10. The Bertz CT molecular complexity index is 228. The van der Waals surface area contributed by atoms with Crippen molar-refractivity contribution in [2.75, 3.05) is 0 Å². The standard InChI is InChI=1S/C8H14N2OS/c1-8(2,3)6(9)12-7-10-4-5-11-7/h4-6H,9H2,1-3H3/t6-/m1/s1. The Balaban J connectivity index is 2.53. The third-order valence-corrected chi connectivity index (χ3v) is 2.86. The van der Waals surface area contributed by atoms with Gasteiger partial charge >= 0.3 is 0 Å². The molecule has 2 N–H and O–H groups in total. The average Bonchev–Trinajstić information content (AvgIpc) is 2.37. The quantitative estimate of drug-likeness (QED) is 0.567. The number of aromatic nitrogens is 1. The van der Waals surface area contributed by atoms with E-state index in [1.807, 2.05) is 0 Å². The molecule has 0 bridgehead atoms. The van der Waals surface area contributed by atoms with Crippen molar-refractivity contribution in [1.29, 1.82) is 0 Å². The zero-order valence-corrected chi connectivity index (χ0v) is 8.39. The van der Waals surface area contributed by atoms with E-state index in [9.17, 15) is 0 Å². The molecule has 0 saturated heterocycles. The van der Waals surface area contributed by atoms with Crippen LogP contribution < -0.4 is 5.73 Å². The first-order chi connectivity index (χ1) is 5.50. The van der Waals surface area contributed by atoms with E-state index in [1.165, 1.54) is 11.8 Å². The van der Waals surface area contributed by atoms with Crippen LogP contribution >= 0.6 is 11.8 Å². The maximum Gasteiger partial charge on any atom is 0.257 e. The predicted molar refractivity (Wildman–Crippen MR) is 49.8 cm³/mol. The van der Waals surface area contributed by atoms with E-state index in [2.05, 4.69) is 25.8 Å². The summed E-state index contributed by atoms with van der Waals surface area (Å²) in [6.45, 7) is 6.27. The molecule has 0 saturated carbocycles. The fourth-order valence-corrected chi connectivity index (χ4v) is 1.36. The smallest absolute Gasteiger partial charge is 0.257 e. The summed E-state index contributed by atoms with van der Waals surface area (Å²) in [6, 6.07) is 0. The lowest BCUT2D eigenvalue weighted by Crippen LogP contribution is -2.31. The van der Waals surface area contributed by atoms with E-state index < -0.39 is 0 Å². The Labute approximate surface area is 76.7 Å². The Kier molecular flexibility index (Phi) is 2.80. The largest absolute Gasteiger partial charge is 0.440 e. The second-order valence-electron chi connectivity index (χ2n) is 3.70. The van der Waals surface area contributed by atoms with Crippen LogP contribution in [0.2, 0.25) is 0 Å².